The Balaban J connectivity index is 1.51. The summed E-state index contributed by atoms with van der Waals surface area (Å²) in [4.78, 5) is 28.4. The van der Waals surface area contributed by atoms with Gasteiger partial charge in [-0.25, -0.2) is 4.79 Å². The molecular weight excluding hydrogens is 368 g/mol. The van der Waals surface area contributed by atoms with Crippen LogP contribution in [0, 0.1) is 0 Å². The van der Waals surface area contributed by atoms with Gasteiger partial charge in [0.1, 0.15) is 11.3 Å². The molecule has 0 saturated carbocycles. The molecule has 2 aromatic carbocycles. The van der Waals surface area contributed by atoms with E-state index < -0.39 is 5.97 Å². The number of hydrogen-bond acceptors (Lipinski definition) is 5. The van der Waals surface area contributed by atoms with Crippen LogP contribution in [0.3, 0.4) is 0 Å². The van der Waals surface area contributed by atoms with Crippen LogP contribution in [-0.2, 0) is 9.53 Å². The zero-order valence-corrected chi connectivity index (χ0v) is 15.8. The van der Waals surface area contributed by atoms with Gasteiger partial charge in [-0.05, 0) is 24.3 Å². The summed E-state index contributed by atoms with van der Waals surface area (Å²) in [5, 5.41) is 0.697. The first-order valence-electron chi connectivity index (χ1n) is 8.67. The van der Waals surface area contributed by atoms with Gasteiger partial charge in [-0.2, -0.15) is 0 Å². The number of nitrogens with zero attached hydrogens (tertiary/aromatic N) is 2. The number of benzene rings is 2. The molecule has 1 aliphatic heterocycles. The molecule has 0 aliphatic carbocycles. The lowest BCUT2D eigenvalue weighted by Gasteiger charge is -2.36. The van der Waals surface area contributed by atoms with Crippen LogP contribution in [-0.4, -0.2) is 56.7 Å². The van der Waals surface area contributed by atoms with Crippen molar-refractivity contribution in [2.45, 2.75) is 0 Å². The van der Waals surface area contributed by atoms with E-state index in [0.717, 1.165) is 5.69 Å². The molecule has 6 nitrogen and oxygen atoms in total. The minimum atomic E-state index is -0.574. The molecule has 1 fully saturated rings. The number of carbonyl (C=O) groups is 2. The molecular formula is C20H21ClN2O4. The summed E-state index contributed by atoms with van der Waals surface area (Å²) in [6.07, 6.45) is 0. The quantitative estimate of drug-likeness (QED) is 0.737. The van der Waals surface area contributed by atoms with E-state index >= 15 is 0 Å². The summed E-state index contributed by atoms with van der Waals surface area (Å²) in [6, 6.07) is 14.4. The fraction of sp³-hybridized carbons (Fsp3) is 0.300. The first-order valence-corrected chi connectivity index (χ1v) is 9.05. The highest BCUT2D eigenvalue weighted by molar-refractivity contribution is 6.33. The molecule has 0 aromatic heterocycles. The third kappa shape index (κ3) is 4.52. The van der Waals surface area contributed by atoms with Crippen molar-refractivity contribution in [3.8, 4) is 5.75 Å². The minimum absolute atomic E-state index is 0.211. The second-order valence-electron chi connectivity index (χ2n) is 6.10. The van der Waals surface area contributed by atoms with Gasteiger partial charge in [-0.15, -0.1) is 0 Å². The number of amides is 1. The average Bonchev–Trinajstić information content (AvgIpc) is 2.72. The lowest BCUT2D eigenvalue weighted by atomic mass is 10.2. The van der Waals surface area contributed by atoms with Gasteiger partial charge in [0.05, 0.1) is 17.8 Å². The maximum atomic E-state index is 12.4. The van der Waals surface area contributed by atoms with E-state index in [0.29, 0.717) is 42.5 Å². The second kappa shape index (κ2) is 8.77. The van der Waals surface area contributed by atoms with Crippen LogP contribution in [0.2, 0.25) is 5.02 Å². The molecule has 0 spiro atoms. The van der Waals surface area contributed by atoms with E-state index in [1.165, 1.54) is 7.11 Å². The second-order valence-corrected chi connectivity index (χ2v) is 6.50. The SMILES string of the molecule is COc1ccccc1C(=O)OCC(=O)N1CCN(c2ccccc2Cl)CC1. The molecule has 1 amide bonds. The highest BCUT2D eigenvalue weighted by atomic mass is 35.5. The zero-order valence-electron chi connectivity index (χ0n) is 15.1. The zero-order chi connectivity index (χ0) is 19.2. The number of methoxy groups -OCH3 is 1. The molecule has 0 bridgehead atoms. The number of piperazine rings is 1. The molecule has 27 heavy (non-hydrogen) atoms. The number of rotatable bonds is 5. The van der Waals surface area contributed by atoms with Crippen molar-refractivity contribution in [2.75, 3.05) is 44.8 Å². The predicted molar refractivity (Wildman–Crippen MR) is 104 cm³/mol. The van der Waals surface area contributed by atoms with E-state index in [4.69, 9.17) is 21.1 Å². The lowest BCUT2D eigenvalue weighted by molar-refractivity contribution is -0.134. The van der Waals surface area contributed by atoms with Gasteiger partial charge < -0.3 is 19.3 Å². The van der Waals surface area contributed by atoms with Crippen LogP contribution in [0.4, 0.5) is 5.69 Å². The summed E-state index contributed by atoms with van der Waals surface area (Å²) in [5.41, 5.74) is 1.27. The summed E-state index contributed by atoms with van der Waals surface area (Å²) in [7, 11) is 1.48. The standard InChI is InChI=1S/C20H21ClN2O4/c1-26-18-9-5-2-6-15(18)20(25)27-14-19(24)23-12-10-22(11-13-23)17-8-4-3-7-16(17)21/h2-9H,10-14H2,1H3. The number of ether oxygens (including phenoxy) is 2. The van der Waals surface area contributed by atoms with E-state index in [9.17, 15) is 9.59 Å². The number of carbonyl (C=O) groups excluding carboxylic acids is 2. The number of anilines is 1. The lowest BCUT2D eigenvalue weighted by Crippen LogP contribution is -2.50. The Bertz CT molecular complexity index is 819. The number of para-hydroxylation sites is 2. The maximum Gasteiger partial charge on any atom is 0.342 e. The first kappa shape index (κ1) is 19.0. The van der Waals surface area contributed by atoms with Gasteiger partial charge in [-0.3, -0.25) is 4.79 Å². The summed E-state index contributed by atoms with van der Waals surface area (Å²) in [6.45, 7) is 2.17. The fourth-order valence-corrected chi connectivity index (χ4v) is 3.27. The third-order valence-electron chi connectivity index (χ3n) is 4.48. The largest absolute Gasteiger partial charge is 0.496 e. The predicted octanol–water partition coefficient (Wildman–Crippen LogP) is 2.85. The van der Waals surface area contributed by atoms with Gasteiger partial charge in [-0.1, -0.05) is 35.9 Å². The van der Waals surface area contributed by atoms with Crippen LogP contribution in [0.1, 0.15) is 10.4 Å². The van der Waals surface area contributed by atoms with Crippen LogP contribution in [0.5, 0.6) is 5.75 Å². The topological polar surface area (TPSA) is 59.1 Å². The van der Waals surface area contributed by atoms with Crippen LogP contribution in [0.15, 0.2) is 48.5 Å². The van der Waals surface area contributed by atoms with E-state index in [2.05, 4.69) is 4.90 Å². The normalized spacial score (nSPS) is 14.0. The van der Waals surface area contributed by atoms with Crippen molar-refractivity contribution < 1.29 is 19.1 Å². The van der Waals surface area contributed by atoms with Gasteiger partial charge in [0.15, 0.2) is 6.61 Å². The third-order valence-corrected chi connectivity index (χ3v) is 4.80. The molecule has 0 unspecified atom stereocenters. The molecule has 142 valence electrons. The Labute approximate surface area is 163 Å². The molecule has 0 atom stereocenters. The van der Waals surface area contributed by atoms with E-state index in [1.54, 1.807) is 29.2 Å². The van der Waals surface area contributed by atoms with Crippen molar-refractivity contribution in [3.63, 3.8) is 0 Å². The van der Waals surface area contributed by atoms with Crippen molar-refractivity contribution >= 4 is 29.2 Å². The first-order chi connectivity index (χ1) is 13.1. The molecule has 7 heteroatoms. The molecule has 1 saturated heterocycles. The number of esters is 1. The Morgan fingerprint density at radius 1 is 1.00 bits per heavy atom. The van der Waals surface area contributed by atoms with Crippen molar-refractivity contribution in [2.24, 2.45) is 0 Å². The monoisotopic (exact) mass is 388 g/mol. The van der Waals surface area contributed by atoms with Gasteiger partial charge in [0.2, 0.25) is 0 Å². The summed E-state index contributed by atoms with van der Waals surface area (Å²) >= 11 is 6.23. The van der Waals surface area contributed by atoms with Crippen molar-refractivity contribution in [1.29, 1.82) is 0 Å². The molecule has 2 aromatic rings. The average molecular weight is 389 g/mol. The van der Waals surface area contributed by atoms with Crippen LogP contribution >= 0.6 is 11.6 Å². The van der Waals surface area contributed by atoms with E-state index in [1.807, 2.05) is 24.3 Å². The van der Waals surface area contributed by atoms with Crippen LogP contribution in [0.25, 0.3) is 0 Å². The molecule has 3 rings (SSSR count). The Kier molecular flexibility index (Phi) is 6.19. The Morgan fingerprint density at radius 2 is 1.67 bits per heavy atom. The summed E-state index contributed by atoms with van der Waals surface area (Å²) < 4.78 is 10.3. The van der Waals surface area contributed by atoms with E-state index in [-0.39, 0.29) is 12.5 Å². The van der Waals surface area contributed by atoms with Gasteiger partial charge in [0.25, 0.3) is 5.91 Å². The molecule has 1 heterocycles. The number of halogens is 1. The maximum absolute atomic E-state index is 12.4. The molecule has 0 N–H and O–H groups in total. The summed E-state index contributed by atoms with van der Waals surface area (Å²) in [5.74, 6) is -0.365. The molecule has 1 aliphatic rings. The molecule has 0 radical (unpaired) electrons. The smallest absolute Gasteiger partial charge is 0.342 e. The highest BCUT2D eigenvalue weighted by Gasteiger charge is 2.23. The van der Waals surface area contributed by atoms with Gasteiger partial charge in [0, 0.05) is 26.2 Å². The van der Waals surface area contributed by atoms with Crippen LogP contribution < -0.4 is 9.64 Å². The van der Waals surface area contributed by atoms with Crippen molar-refractivity contribution in [1.82, 2.24) is 4.90 Å². The number of hydrogen-bond donors (Lipinski definition) is 0. The van der Waals surface area contributed by atoms with Crippen molar-refractivity contribution in [3.05, 3.63) is 59.1 Å². The highest BCUT2D eigenvalue weighted by Crippen LogP contribution is 2.26. The van der Waals surface area contributed by atoms with Gasteiger partial charge >= 0.3 is 5.97 Å². The Morgan fingerprint density at radius 3 is 2.37 bits per heavy atom. The minimum Gasteiger partial charge on any atom is -0.496 e. The fourth-order valence-electron chi connectivity index (χ4n) is 3.01. The Hall–Kier alpha value is -2.73.